The van der Waals surface area contributed by atoms with Gasteiger partial charge in [-0.3, -0.25) is 4.79 Å². The van der Waals surface area contributed by atoms with Crippen molar-refractivity contribution in [2.24, 2.45) is 0 Å². The molecule has 0 spiro atoms. The van der Waals surface area contributed by atoms with E-state index in [-0.39, 0.29) is 11.9 Å². The number of hydrogen-bond donors (Lipinski definition) is 1. The number of pyridine rings is 1. The minimum atomic E-state index is -0.218. The molecule has 3 aromatic rings. The Bertz CT molecular complexity index is 1040. The number of methoxy groups -OCH3 is 1. The van der Waals surface area contributed by atoms with E-state index >= 15 is 0 Å². The van der Waals surface area contributed by atoms with Gasteiger partial charge in [-0.1, -0.05) is 29.8 Å². The fourth-order valence-electron chi connectivity index (χ4n) is 3.55. The van der Waals surface area contributed by atoms with Gasteiger partial charge in [0, 0.05) is 29.2 Å². The number of aromatic nitrogens is 1. The lowest BCUT2D eigenvalue weighted by molar-refractivity contribution is 0.102. The molecule has 0 fully saturated rings. The van der Waals surface area contributed by atoms with Gasteiger partial charge in [0.1, 0.15) is 11.6 Å². The van der Waals surface area contributed by atoms with Crippen LogP contribution < -0.4 is 15.0 Å². The van der Waals surface area contributed by atoms with Gasteiger partial charge in [0.05, 0.1) is 12.1 Å². The van der Waals surface area contributed by atoms with Gasteiger partial charge < -0.3 is 15.0 Å². The highest BCUT2D eigenvalue weighted by atomic mass is 35.5. The summed E-state index contributed by atoms with van der Waals surface area (Å²) in [5.41, 5.74) is 3.57. The molecule has 0 aliphatic carbocycles. The average molecular weight is 394 g/mol. The van der Waals surface area contributed by atoms with Gasteiger partial charge in [0.2, 0.25) is 0 Å². The molecule has 1 N–H and O–H groups in total. The Morgan fingerprint density at radius 1 is 1.21 bits per heavy atom. The molecule has 0 bridgehead atoms. The number of para-hydroxylation sites is 1. The molecule has 1 amide bonds. The second kappa shape index (κ2) is 7.52. The summed E-state index contributed by atoms with van der Waals surface area (Å²) in [5.74, 6) is 1.11. The van der Waals surface area contributed by atoms with E-state index in [1.807, 2.05) is 18.2 Å². The number of halogens is 1. The number of carbonyl (C=O) groups excluding carboxylic acids is 1. The average Bonchev–Trinajstić information content (AvgIpc) is 3.04. The number of ether oxygens (including phenoxy) is 1. The monoisotopic (exact) mass is 393 g/mol. The van der Waals surface area contributed by atoms with Gasteiger partial charge in [0.25, 0.3) is 5.91 Å². The number of anilines is 3. The Kier molecular flexibility index (Phi) is 4.92. The first-order valence-electron chi connectivity index (χ1n) is 9.05. The summed E-state index contributed by atoms with van der Waals surface area (Å²) in [5, 5.41) is 3.32. The summed E-state index contributed by atoms with van der Waals surface area (Å²) in [6, 6.07) is 17.2. The van der Waals surface area contributed by atoms with Crippen LogP contribution in [0.15, 0.2) is 60.8 Å². The van der Waals surface area contributed by atoms with E-state index in [1.54, 1.807) is 37.6 Å². The van der Waals surface area contributed by atoms with E-state index in [9.17, 15) is 4.79 Å². The molecule has 2 heterocycles. The number of rotatable bonds is 4. The molecule has 1 aliphatic heterocycles. The van der Waals surface area contributed by atoms with Gasteiger partial charge in [-0.15, -0.1) is 0 Å². The second-order valence-electron chi connectivity index (χ2n) is 6.76. The standard InChI is InChI=1S/C22H20ClN3O2/c1-14-11-15-5-3-4-6-19(15)26(14)21-12-16(9-10-24-21)22(27)25-17-7-8-20(28-2)18(23)13-17/h3-10,12-14H,11H2,1-2H3,(H,25,27). The van der Waals surface area contributed by atoms with Crippen molar-refractivity contribution in [3.8, 4) is 5.75 Å². The lowest BCUT2D eigenvalue weighted by atomic mass is 10.1. The highest BCUT2D eigenvalue weighted by molar-refractivity contribution is 6.32. The van der Waals surface area contributed by atoms with Crippen molar-refractivity contribution < 1.29 is 9.53 Å². The smallest absolute Gasteiger partial charge is 0.255 e. The highest BCUT2D eigenvalue weighted by Crippen LogP contribution is 2.37. The maximum absolute atomic E-state index is 12.7. The zero-order valence-corrected chi connectivity index (χ0v) is 16.4. The van der Waals surface area contributed by atoms with Crippen molar-refractivity contribution in [2.75, 3.05) is 17.3 Å². The van der Waals surface area contributed by atoms with Crippen LogP contribution in [0.3, 0.4) is 0 Å². The molecule has 1 atom stereocenters. The van der Waals surface area contributed by atoms with Crippen molar-refractivity contribution in [3.05, 3.63) is 76.9 Å². The summed E-state index contributed by atoms with van der Waals surface area (Å²) in [7, 11) is 1.55. The molecule has 28 heavy (non-hydrogen) atoms. The third-order valence-electron chi connectivity index (χ3n) is 4.87. The van der Waals surface area contributed by atoms with Crippen molar-refractivity contribution in [1.29, 1.82) is 0 Å². The Hall–Kier alpha value is -3.05. The number of amides is 1. The summed E-state index contributed by atoms with van der Waals surface area (Å²) >= 11 is 6.14. The molecule has 1 unspecified atom stereocenters. The largest absolute Gasteiger partial charge is 0.495 e. The Labute approximate surface area is 168 Å². The van der Waals surface area contributed by atoms with Crippen LogP contribution in [0.5, 0.6) is 5.75 Å². The van der Waals surface area contributed by atoms with Crippen LogP contribution in [0.25, 0.3) is 0 Å². The minimum Gasteiger partial charge on any atom is -0.495 e. The zero-order chi connectivity index (χ0) is 19.7. The summed E-state index contributed by atoms with van der Waals surface area (Å²) in [6.07, 6.45) is 2.62. The van der Waals surface area contributed by atoms with Gasteiger partial charge in [0.15, 0.2) is 0 Å². The fourth-order valence-corrected chi connectivity index (χ4v) is 3.81. The topological polar surface area (TPSA) is 54.5 Å². The molecule has 5 nitrogen and oxygen atoms in total. The van der Waals surface area contributed by atoms with E-state index in [1.165, 1.54) is 5.56 Å². The molecular weight excluding hydrogens is 374 g/mol. The minimum absolute atomic E-state index is 0.218. The molecule has 1 aliphatic rings. The predicted molar refractivity (Wildman–Crippen MR) is 112 cm³/mol. The van der Waals surface area contributed by atoms with Crippen LogP contribution in [0, 0.1) is 0 Å². The summed E-state index contributed by atoms with van der Waals surface area (Å²) < 4.78 is 5.14. The SMILES string of the molecule is COc1ccc(NC(=O)c2ccnc(N3c4ccccc4CC3C)c2)cc1Cl. The van der Waals surface area contributed by atoms with E-state index < -0.39 is 0 Å². The normalized spacial score (nSPS) is 15.2. The summed E-state index contributed by atoms with van der Waals surface area (Å²) in [4.78, 5) is 19.4. The van der Waals surface area contributed by atoms with E-state index in [0.29, 0.717) is 22.0 Å². The van der Waals surface area contributed by atoms with Crippen molar-refractivity contribution in [3.63, 3.8) is 0 Å². The lowest BCUT2D eigenvalue weighted by Gasteiger charge is -2.24. The molecule has 0 saturated carbocycles. The number of carbonyl (C=O) groups is 1. The van der Waals surface area contributed by atoms with Crippen molar-refractivity contribution in [2.45, 2.75) is 19.4 Å². The third kappa shape index (κ3) is 3.41. The maximum Gasteiger partial charge on any atom is 0.255 e. The van der Waals surface area contributed by atoms with Gasteiger partial charge in [-0.2, -0.15) is 0 Å². The highest BCUT2D eigenvalue weighted by Gasteiger charge is 2.28. The van der Waals surface area contributed by atoms with Crippen LogP contribution >= 0.6 is 11.6 Å². The summed E-state index contributed by atoms with van der Waals surface area (Å²) in [6.45, 7) is 2.16. The van der Waals surface area contributed by atoms with Crippen LogP contribution in [-0.2, 0) is 6.42 Å². The second-order valence-corrected chi connectivity index (χ2v) is 7.17. The molecule has 0 radical (unpaired) electrons. The first-order chi connectivity index (χ1) is 13.6. The van der Waals surface area contributed by atoms with Crippen LogP contribution in [0.2, 0.25) is 5.02 Å². The molecule has 6 heteroatoms. The Morgan fingerprint density at radius 3 is 2.82 bits per heavy atom. The number of hydrogen-bond acceptors (Lipinski definition) is 4. The number of fused-ring (bicyclic) bond motifs is 1. The number of nitrogens with zero attached hydrogens (tertiary/aromatic N) is 2. The fraction of sp³-hybridized carbons (Fsp3) is 0.182. The Balaban J connectivity index is 1.59. The first-order valence-corrected chi connectivity index (χ1v) is 9.42. The number of benzene rings is 2. The van der Waals surface area contributed by atoms with Crippen molar-refractivity contribution >= 4 is 34.7 Å². The lowest BCUT2D eigenvalue weighted by Crippen LogP contribution is -2.25. The molecule has 1 aromatic heterocycles. The molecule has 0 saturated heterocycles. The number of nitrogens with one attached hydrogen (secondary N) is 1. The molecule has 142 valence electrons. The van der Waals surface area contributed by atoms with Gasteiger partial charge in [-0.05, 0) is 55.3 Å². The molecule has 4 rings (SSSR count). The van der Waals surface area contributed by atoms with Crippen LogP contribution in [0.1, 0.15) is 22.8 Å². The quantitative estimate of drug-likeness (QED) is 0.671. The molecule has 2 aromatic carbocycles. The van der Waals surface area contributed by atoms with Crippen LogP contribution in [0.4, 0.5) is 17.2 Å². The van der Waals surface area contributed by atoms with E-state index in [4.69, 9.17) is 16.3 Å². The van der Waals surface area contributed by atoms with Crippen LogP contribution in [-0.4, -0.2) is 24.0 Å². The molecular formula is C22H20ClN3O2. The predicted octanol–water partition coefficient (Wildman–Crippen LogP) is 5.08. The van der Waals surface area contributed by atoms with Gasteiger partial charge >= 0.3 is 0 Å². The Morgan fingerprint density at radius 2 is 2.04 bits per heavy atom. The third-order valence-corrected chi connectivity index (χ3v) is 5.17. The van der Waals surface area contributed by atoms with Gasteiger partial charge in [-0.25, -0.2) is 4.98 Å². The van der Waals surface area contributed by atoms with E-state index in [0.717, 1.165) is 17.9 Å². The maximum atomic E-state index is 12.7. The van der Waals surface area contributed by atoms with Crippen molar-refractivity contribution in [1.82, 2.24) is 4.98 Å². The van der Waals surface area contributed by atoms with E-state index in [2.05, 4.69) is 34.3 Å². The first kappa shape index (κ1) is 18.3. The zero-order valence-electron chi connectivity index (χ0n) is 15.6.